The first kappa shape index (κ1) is 16.8. The molecule has 2 heteroatoms. The van der Waals surface area contributed by atoms with Crippen molar-refractivity contribution >= 4 is 11.6 Å². The zero-order chi connectivity index (χ0) is 15.8. The summed E-state index contributed by atoms with van der Waals surface area (Å²) >= 11 is 6.10. The van der Waals surface area contributed by atoms with Gasteiger partial charge < -0.3 is 4.90 Å². The summed E-state index contributed by atoms with van der Waals surface area (Å²) in [7, 11) is 4.49. The van der Waals surface area contributed by atoms with Gasteiger partial charge >= 0.3 is 0 Å². The van der Waals surface area contributed by atoms with Gasteiger partial charge in [0.25, 0.3) is 0 Å². The Morgan fingerprint density at radius 3 is 1.95 bits per heavy atom. The summed E-state index contributed by atoms with van der Waals surface area (Å²) in [5.74, 6) is 1.30. The van der Waals surface area contributed by atoms with Crippen molar-refractivity contribution in [2.75, 3.05) is 14.1 Å². The molecule has 1 aliphatic carbocycles. The SMILES string of the molecule is CC(C)C(C)C(C)(N(C)C)C1(c2ccc(Cl)cc2)CCC1. The van der Waals surface area contributed by atoms with Crippen LogP contribution in [-0.4, -0.2) is 24.5 Å². The van der Waals surface area contributed by atoms with E-state index in [2.05, 4.69) is 58.8 Å². The van der Waals surface area contributed by atoms with Gasteiger partial charge in [0.15, 0.2) is 0 Å². The van der Waals surface area contributed by atoms with Gasteiger partial charge in [-0.3, -0.25) is 0 Å². The highest BCUT2D eigenvalue weighted by Gasteiger charge is 2.56. The number of nitrogens with zero attached hydrogens (tertiary/aromatic N) is 1. The van der Waals surface area contributed by atoms with E-state index in [0.29, 0.717) is 11.8 Å². The van der Waals surface area contributed by atoms with Crippen molar-refractivity contribution in [2.24, 2.45) is 11.8 Å². The molecule has 2 unspecified atom stereocenters. The van der Waals surface area contributed by atoms with Crippen molar-refractivity contribution in [1.82, 2.24) is 4.90 Å². The quantitative estimate of drug-likeness (QED) is 0.706. The first-order valence-corrected chi connectivity index (χ1v) is 8.57. The van der Waals surface area contributed by atoms with E-state index < -0.39 is 0 Å². The van der Waals surface area contributed by atoms with Crippen molar-refractivity contribution in [3.05, 3.63) is 34.9 Å². The fourth-order valence-corrected chi connectivity index (χ4v) is 4.43. The van der Waals surface area contributed by atoms with Crippen LogP contribution in [0.2, 0.25) is 5.02 Å². The van der Waals surface area contributed by atoms with Gasteiger partial charge in [0.2, 0.25) is 0 Å². The molecule has 118 valence electrons. The maximum atomic E-state index is 6.10. The van der Waals surface area contributed by atoms with Crippen molar-refractivity contribution < 1.29 is 0 Å². The van der Waals surface area contributed by atoms with Crippen molar-refractivity contribution in [1.29, 1.82) is 0 Å². The van der Waals surface area contributed by atoms with Crippen molar-refractivity contribution in [3.8, 4) is 0 Å². The average molecular weight is 308 g/mol. The minimum atomic E-state index is 0.160. The van der Waals surface area contributed by atoms with Crippen LogP contribution in [0.1, 0.15) is 52.5 Å². The van der Waals surface area contributed by atoms with Crippen LogP contribution in [0.5, 0.6) is 0 Å². The summed E-state index contributed by atoms with van der Waals surface area (Å²) in [6.07, 6.45) is 3.89. The first-order chi connectivity index (χ1) is 9.75. The third kappa shape index (κ3) is 2.53. The minimum absolute atomic E-state index is 0.160. The molecule has 2 atom stereocenters. The molecule has 1 fully saturated rings. The fourth-order valence-electron chi connectivity index (χ4n) is 4.31. The van der Waals surface area contributed by atoms with Gasteiger partial charge in [0.05, 0.1) is 0 Å². The van der Waals surface area contributed by atoms with Crippen LogP contribution in [0.25, 0.3) is 0 Å². The molecule has 0 bridgehead atoms. The third-order valence-electron chi connectivity index (χ3n) is 6.39. The molecule has 0 radical (unpaired) electrons. The molecule has 21 heavy (non-hydrogen) atoms. The predicted octanol–water partition coefficient (Wildman–Crippen LogP) is 5.37. The van der Waals surface area contributed by atoms with Crippen LogP contribution in [0.3, 0.4) is 0 Å². The van der Waals surface area contributed by atoms with Gasteiger partial charge in [-0.2, -0.15) is 0 Å². The smallest absolute Gasteiger partial charge is 0.0406 e. The topological polar surface area (TPSA) is 3.24 Å². The zero-order valence-electron chi connectivity index (χ0n) is 14.4. The second-order valence-corrected chi connectivity index (χ2v) is 7.95. The van der Waals surface area contributed by atoms with Crippen molar-refractivity contribution in [2.45, 2.75) is 57.9 Å². The molecule has 1 aromatic rings. The number of benzene rings is 1. The average Bonchev–Trinajstić information content (AvgIpc) is 2.38. The van der Waals surface area contributed by atoms with Crippen molar-refractivity contribution in [3.63, 3.8) is 0 Å². The molecule has 0 N–H and O–H groups in total. The molecule has 1 saturated carbocycles. The Labute approximate surface area is 135 Å². The third-order valence-corrected chi connectivity index (χ3v) is 6.64. The van der Waals surface area contributed by atoms with E-state index in [9.17, 15) is 0 Å². The summed E-state index contributed by atoms with van der Waals surface area (Å²) in [6.45, 7) is 9.58. The summed E-state index contributed by atoms with van der Waals surface area (Å²) in [5.41, 5.74) is 1.87. The van der Waals surface area contributed by atoms with Gasteiger partial charge in [0, 0.05) is 16.0 Å². The monoisotopic (exact) mass is 307 g/mol. The number of hydrogen-bond donors (Lipinski definition) is 0. The Balaban J connectivity index is 2.52. The Morgan fingerprint density at radius 1 is 1.10 bits per heavy atom. The lowest BCUT2D eigenvalue weighted by atomic mass is 9.50. The molecule has 1 aromatic carbocycles. The van der Waals surface area contributed by atoms with Gasteiger partial charge in [-0.05, 0) is 63.4 Å². The molecule has 2 rings (SSSR count). The van der Waals surface area contributed by atoms with Crippen LogP contribution in [-0.2, 0) is 5.41 Å². The predicted molar refractivity (Wildman–Crippen MR) is 93.1 cm³/mol. The van der Waals surface area contributed by atoms with E-state index in [-0.39, 0.29) is 11.0 Å². The Bertz CT molecular complexity index is 473. The Morgan fingerprint density at radius 2 is 1.62 bits per heavy atom. The number of rotatable bonds is 5. The van der Waals surface area contributed by atoms with Crippen LogP contribution in [0.4, 0.5) is 0 Å². The molecule has 0 heterocycles. The fraction of sp³-hybridized carbons (Fsp3) is 0.684. The summed E-state index contributed by atoms with van der Waals surface area (Å²) in [4.78, 5) is 2.46. The highest BCUT2D eigenvalue weighted by atomic mass is 35.5. The second-order valence-electron chi connectivity index (χ2n) is 7.52. The van der Waals surface area contributed by atoms with Gasteiger partial charge in [-0.1, -0.05) is 50.9 Å². The highest BCUT2D eigenvalue weighted by molar-refractivity contribution is 6.30. The van der Waals surface area contributed by atoms with Gasteiger partial charge in [-0.15, -0.1) is 0 Å². The van der Waals surface area contributed by atoms with Gasteiger partial charge in [0.1, 0.15) is 0 Å². The molecule has 0 aliphatic heterocycles. The second kappa shape index (κ2) is 5.93. The number of halogens is 1. The highest BCUT2D eigenvalue weighted by Crippen LogP contribution is 2.56. The van der Waals surface area contributed by atoms with E-state index in [1.54, 1.807) is 0 Å². The standard InChI is InChI=1S/C19H30ClN/c1-14(2)15(3)18(4,21(5)6)19(12-7-13-19)16-8-10-17(20)11-9-16/h8-11,14-15H,7,12-13H2,1-6H3. The normalized spacial score (nSPS) is 22.0. The lowest BCUT2D eigenvalue weighted by molar-refractivity contribution is -0.0428. The first-order valence-electron chi connectivity index (χ1n) is 8.19. The number of likely N-dealkylation sites (N-methyl/N-ethyl adjacent to an activating group) is 1. The van der Waals surface area contributed by atoms with Crippen LogP contribution >= 0.6 is 11.6 Å². The lowest BCUT2D eigenvalue weighted by Gasteiger charge is -2.61. The Kier molecular flexibility index (Phi) is 4.75. The molecule has 0 aromatic heterocycles. The molecular formula is C19H30ClN. The molecule has 0 amide bonds. The molecule has 0 spiro atoms. The van der Waals surface area contributed by atoms with Crippen LogP contribution < -0.4 is 0 Å². The van der Waals surface area contributed by atoms with E-state index >= 15 is 0 Å². The lowest BCUT2D eigenvalue weighted by Crippen LogP contribution is -2.65. The van der Waals surface area contributed by atoms with E-state index in [0.717, 1.165) is 5.02 Å². The van der Waals surface area contributed by atoms with Crippen LogP contribution in [0, 0.1) is 11.8 Å². The number of hydrogen-bond acceptors (Lipinski definition) is 1. The molecule has 1 aliphatic rings. The molecule has 0 saturated heterocycles. The Hall–Kier alpha value is -0.530. The van der Waals surface area contributed by atoms with E-state index in [1.165, 1.54) is 24.8 Å². The molecular weight excluding hydrogens is 278 g/mol. The molecule has 1 nitrogen and oxygen atoms in total. The maximum Gasteiger partial charge on any atom is 0.0406 e. The zero-order valence-corrected chi connectivity index (χ0v) is 15.2. The summed E-state index contributed by atoms with van der Waals surface area (Å²) in [5, 5.41) is 0.830. The maximum absolute atomic E-state index is 6.10. The van der Waals surface area contributed by atoms with Crippen LogP contribution in [0.15, 0.2) is 24.3 Å². The van der Waals surface area contributed by atoms with E-state index in [4.69, 9.17) is 11.6 Å². The summed E-state index contributed by atoms with van der Waals surface area (Å²) in [6, 6.07) is 8.59. The minimum Gasteiger partial charge on any atom is -0.303 e. The summed E-state index contributed by atoms with van der Waals surface area (Å²) < 4.78 is 0. The van der Waals surface area contributed by atoms with Gasteiger partial charge in [-0.25, -0.2) is 0 Å². The largest absolute Gasteiger partial charge is 0.303 e. The van der Waals surface area contributed by atoms with E-state index in [1.807, 2.05) is 12.1 Å².